The molecule has 0 bridgehead atoms. The Labute approximate surface area is 126 Å². The van der Waals surface area contributed by atoms with Crippen molar-refractivity contribution in [3.63, 3.8) is 0 Å². The third-order valence-corrected chi connectivity index (χ3v) is 4.01. The third-order valence-electron chi connectivity index (χ3n) is 4.01. The van der Waals surface area contributed by atoms with Crippen LogP contribution in [0.5, 0.6) is 0 Å². The minimum Gasteiger partial charge on any atom is -0.382 e. The van der Waals surface area contributed by atoms with Crippen molar-refractivity contribution in [3.8, 4) is 0 Å². The molecular formula is C15H25N3O3. The average molecular weight is 295 g/mol. The highest BCUT2D eigenvalue weighted by atomic mass is 16.5. The Kier molecular flexibility index (Phi) is 5.76. The lowest BCUT2D eigenvalue weighted by atomic mass is 10.0. The van der Waals surface area contributed by atoms with E-state index in [9.17, 15) is 4.79 Å². The van der Waals surface area contributed by atoms with Gasteiger partial charge in [0.25, 0.3) is 0 Å². The number of amides is 1. The van der Waals surface area contributed by atoms with Gasteiger partial charge in [0.05, 0.1) is 13.2 Å². The van der Waals surface area contributed by atoms with Crippen LogP contribution in [0.1, 0.15) is 30.4 Å². The monoisotopic (exact) mass is 295 g/mol. The lowest BCUT2D eigenvalue weighted by Gasteiger charge is -2.33. The molecule has 0 saturated carbocycles. The number of hydrogen-bond acceptors (Lipinski definition) is 4. The quantitative estimate of drug-likeness (QED) is 0.743. The summed E-state index contributed by atoms with van der Waals surface area (Å²) in [5.41, 5.74) is 1.19. The summed E-state index contributed by atoms with van der Waals surface area (Å²) in [6, 6.07) is 0.450. The highest BCUT2D eigenvalue weighted by Gasteiger charge is 2.25. The van der Waals surface area contributed by atoms with Crippen LogP contribution in [0.2, 0.25) is 0 Å². The largest absolute Gasteiger partial charge is 0.382 e. The third kappa shape index (κ3) is 4.04. The van der Waals surface area contributed by atoms with Crippen molar-refractivity contribution in [2.45, 2.75) is 32.7 Å². The van der Waals surface area contributed by atoms with Gasteiger partial charge in [-0.25, -0.2) is 4.98 Å². The van der Waals surface area contributed by atoms with Crippen LogP contribution in [0.4, 0.5) is 0 Å². The molecule has 1 aliphatic heterocycles. The summed E-state index contributed by atoms with van der Waals surface area (Å²) in [6.45, 7) is 6.83. The van der Waals surface area contributed by atoms with Crippen LogP contribution in [0.15, 0.2) is 6.20 Å². The van der Waals surface area contributed by atoms with Gasteiger partial charge in [0.15, 0.2) is 0 Å². The van der Waals surface area contributed by atoms with E-state index in [1.807, 2.05) is 18.0 Å². The molecule has 0 unspecified atom stereocenters. The zero-order valence-electron chi connectivity index (χ0n) is 13.2. The predicted molar refractivity (Wildman–Crippen MR) is 79.2 cm³/mol. The van der Waals surface area contributed by atoms with Crippen molar-refractivity contribution in [1.82, 2.24) is 14.5 Å². The second-order valence-electron chi connectivity index (χ2n) is 5.47. The molecule has 1 aliphatic rings. The van der Waals surface area contributed by atoms with E-state index in [0.717, 1.165) is 31.8 Å². The van der Waals surface area contributed by atoms with E-state index in [2.05, 4.69) is 16.5 Å². The topological polar surface area (TPSA) is 56.6 Å². The van der Waals surface area contributed by atoms with Gasteiger partial charge in [-0.15, -0.1) is 0 Å². The fourth-order valence-electron chi connectivity index (χ4n) is 2.89. The Morgan fingerprint density at radius 2 is 2.05 bits per heavy atom. The molecule has 1 aromatic rings. The molecular weight excluding hydrogens is 270 g/mol. The first-order chi connectivity index (χ1) is 10.1. The van der Waals surface area contributed by atoms with E-state index in [0.29, 0.717) is 19.3 Å². The number of hydrogen-bond donors (Lipinski definition) is 0. The van der Waals surface area contributed by atoms with Crippen LogP contribution < -0.4 is 0 Å². The van der Waals surface area contributed by atoms with Crippen molar-refractivity contribution in [1.29, 1.82) is 0 Å². The molecule has 0 radical (unpaired) electrons. The van der Waals surface area contributed by atoms with Crippen molar-refractivity contribution in [3.05, 3.63) is 17.7 Å². The van der Waals surface area contributed by atoms with E-state index in [1.165, 1.54) is 5.69 Å². The average Bonchev–Trinajstić information content (AvgIpc) is 2.83. The van der Waals surface area contributed by atoms with E-state index >= 15 is 0 Å². The van der Waals surface area contributed by atoms with Crippen molar-refractivity contribution < 1.29 is 14.3 Å². The summed E-state index contributed by atoms with van der Waals surface area (Å²) in [4.78, 5) is 18.3. The molecule has 2 heterocycles. The molecule has 1 fully saturated rings. The Hall–Kier alpha value is -1.40. The van der Waals surface area contributed by atoms with Gasteiger partial charge in [-0.05, 0) is 26.7 Å². The number of methoxy groups -OCH3 is 1. The first-order valence-corrected chi connectivity index (χ1v) is 7.48. The Morgan fingerprint density at radius 3 is 2.62 bits per heavy atom. The molecule has 0 aliphatic carbocycles. The molecule has 6 nitrogen and oxygen atoms in total. The maximum absolute atomic E-state index is 12.0. The summed E-state index contributed by atoms with van der Waals surface area (Å²) in [6.07, 6.45) is 3.86. The van der Waals surface area contributed by atoms with E-state index in [1.54, 1.807) is 7.11 Å². The summed E-state index contributed by atoms with van der Waals surface area (Å²) >= 11 is 0. The maximum atomic E-state index is 12.0. The number of aryl methyl sites for hydroxylation is 2. The van der Waals surface area contributed by atoms with Crippen LogP contribution in [0, 0.1) is 13.8 Å². The van der Waals surface area contributed by atoms with Gasteiger partial charge >= 0.3 is 0 Å². The first kappa shape index (κ1) is 16.0. The number of likely N-dealkylation sites (tertiary alicyclic amines) is 1. The minimum atomic E-state index is 0.0728. The molecule has 6 heteroatoms. The molecule has 0 aromatic carbocycles. The molecule has 1 saturated heterocycles. The number of piperidine rings is 1. The molecule has 1 amide bonds. The standard InChI is InChI=1S/C15H25N3O3/c1-12-10-16-13(2)18(12)14-4-6-17(7-5-14)15(19)11-21-9-8-20-3/h10,14H,4-9,11H2,1-3H3. The Balaban J connectivity index is 1.79. The number of carbonyl (C=O) groups excluding carboxylic acids is 1. The van der Waals surface area contributed by atoms with Gasteiger partial charge in [-0.2, -0.15) is 0 Å². The van der Waals surface area contributed by atoms with Crippen molar-refractivity contribution >= 4 is 5.91 Å². The number of nitrogens with zero attached hydrogens (tertiary/aromatic N) is 3. The van der Waals surface area contributed by atoms with E-state index < -0.39 is 0 Å². The van der Waals surface area contributed by atoms with Gasteiger partial charge in [0.1, 0.15) is 12.4 Å². The molecule has 0 N–H and O–H groups in total. The van der Waals surface area contributed by atoms with Crippen molar-refractivity contribution in [2.24, 2.45) is 0 Å². The summed E-state index contributed by atoms with van der Waals surface area (Å²) in [5, 5.41) is 0. The van der Waals surface area contributed by atoms with E-state index in [4.69, 9.17) is 9.47 Å². The number of carbonyl (C=O) groups is 1. The smallest absolute Gasteiger partial charge is 0.248 e. The van der Waals surface area contributed by atoms with Crippen LogP contribution in [-0.2, 0) is 14.3 Å². The highest BCUT2D eigenvalue weighted by molar-refractivity contribution is 5.77. The lowest BCUT2D eigenvalue weighted by Crippen LogP contribution is -2.41. The molecule has 0 atom stereocenters. The van der Waals surface area contributed by atoms with Gasteiger partial charge in [0, 0.05) is 38.1 Å². The molecule has 0 spiro atoms. The number of ether oxygens (including phenoxy) is 2. The Bertz CT molecular complexity index is 445. The van der Waals surface area contributed by atoms with Gasteiger partial charge in [-0.3, -0.25) is 4.79 Å². The van der Waals surface area contributed by atoms with Crippen LogP contribution >= 0.6 is 0 Å². The second-order valence-corrected chi connectivity index (χ2v) is 5.47. The lowest BCUT2D eigenvalue weighted by molar-refractivity contribution is -0.137. The van der Waals surface area contributed by atoms with Crippen LogP contribution in [0.25, 0.3) is 0 Å². The van der Waals surface area contributed by atoms with E-state index in [-0.39, 0.29) is 12.5 Å². The zero-order chi connectivity index (χ0) is 15.2. The molecule has 1 aromatic heterocycles. The van der Waals surface area contributed by atoms with Gasteiger partial charge < -0.3 is 18.9 Å². The van der Waals surface area contributed by atoms with Gasteiger partial charge in [0.2, 0.25) is 5.91 Å². The number of aromatic nitrogens is 2. The Morgan fingerprint density at radius 1 is 1.33 bits per heavy atom. The SMILES string of the molecule is COCCOCC(=O)N1CCC(n2c(C)cnc2C)CC1. The molecule has 118 valence electrons. The maximum Gasteiger partial charge on any atom is 0.248 e. The second kappa shape index (κ2) is 7.56. The first-order valence-electron chi connectivity index (χ1n) is 7.48. The van der Waals surface area contributed by atoms with Crippen molar-refractivity contribution in [2.75, 3.05) is 40.0 Å². The molecule has 2 rings (SSSR count). The zero-order valence-corrected chi connectivity index (χ0v) is 13.2. The van der Waals surface area contributed by atoms with Gasteiger partial charge in [-0.1, -0.05) is 0 Å². The summed E-state index contributed by atoms with van der Waals surface area (Å²) in [5.74, 6) is 1.13. The number of rotatable bonds is 6. The fraction of sp³-hybridized carbons (Fsp3) is 0.733. The summed E-state index contributed by atoms with van der Waals surface area (Å²) in [7, 11) is 1.62. The highest BCUT2D eigenvalue weighted by Crippen LogP contribution is 2.25. The summed E-state index contributed by atoms with van der Waals surface area (Å²) < 4.78 is 12.5. The normalized spacial score (nSPS) is 16.4. The van der Waals surface area contributed by atoms with Crippen LogP contribution in [-0.4, -0.2) is 60.4 Å². The number of imidazole rings is 1. The predicted octanol–water partition coefficient (Wildman–Crippen LogP) is 1.33. The fourth-order valence-corrected chi connectivity index (χ4v) is 2.89. The van der Waals surface area contributed by atoms with Crippen LogP contribution in [0.3, 0.4) is 0 Å². The molecule has 21 heavy (non-hydrogen) atoms. The minimum absolute atomic E-state index is 0.0728.